The molecule has 0 saturated carbocycles. The van der Waals surface area contributed by atoms with E-state index in [1.165, 1.54) is 7.11 Å². The lowest BCUT2D eigenvalue weighted by atomic mass is 10.1. The largest absolute Gasteiger partial charge is 0.465 e. The lowest BCUT2D eigenvalue weighted by Gasteiger charge is -2.15. The Morgan fingerprint density at radius 1 is 1.21 bits per heavy atom. The first-order valence-electron chi connectivity index (χ1n) is 9.20. The zero-order valence-electron chi connectivity index (χ0n) is 17.1. The molecule has 0 amide bonds. The quantitative estimate of drug-likeness (QED) is 0.675. The van der Waals surface area contributed by atoms with Crippen molar-refractivity contribution in [2.45, 2.75) is 41.0 Å². The Morgan fingerprint density at radius 3 is 2.64 bits per heavy atom. The van der Waals surface area contributed by atoms with Crippen molar-refractivity contribution < 1.29 is 9.53 Å². The maximum Gasteiger partial charge on any atom is 0.339 e. The topological polar surface area (TPSA) is 81.9 Å². The van der Waals surface area contributed by atoms with Crippen molar-refractivity contribution in [3.63, 3.8) is 0 Å². The number of aromatic nitrogens is 4. The molecule has 146 valence electrons. The number of methoxy groups -OCH3 is 1. The van der Waals surface area contributed by atoms with Crippen LogP contribution in [0.4, 0.5) is 11.5 Å². The number of benzene rings is 1. The molecule has 28 heavy (non-hydrogen) atoms. The molecular weight excluding hydrogens is 354 g/mol. The zero-order valence-corrected chi connectivity index (χ0v) is 17.1. The first kappa shape index (κ1) is 19.5. The molecular formula is C21H25N5O2. The summed E-state index contributed by atoms with van der Waals surface area (Å²) in [7, 11) is 1.38. The van der Waals surface area contributed by atoms with Gasteiger partial charge >= 0.3 is 5.97 Å². The Kier molecular flexibility index (Phi) is 5.44. The number of nitrogens with one attached hydrogen (secondary N) is 1. The summed E-state index contributed by atoms with van der Waals surface area (Å²) in [6, 6.07) is 5.63. The summed E-state index contributed by atoms with van der Waals surface area (Å²) in [4.78, 5) is 21.3. The molecule has 0 aliphatic heterocycles. The number of esters is 1. The van der Waals surface area contributed by atoms with E-state index < -0.39 is 5.97 Å². The van der Waals surface area contributed by atoms with Gasteiger partial charge in [0.1, 0.15) is 5.82 Å². The second kappa shape index (κ2) is 7.80. The molecule has 0 aliphatic rings. The van der Waals surface area contributed by atoms with Crippen LogP contribution in [0.15, 0.2) is 24.4 Å². The van der Waals surface area contributed by atoms with Gasteiger partial charge < -0.3 is 10.1 Å². The molecule has 3 aromatic rings. The molecule has 0 aliphatic carbocycles. The summed E-state index contributed by atoms with van der Waals surface area (Å²) in [5.41, 5.74) is 5.64. The number of hydrogen-bond acceptors (Lipinski definition) is 6. The van der Waals surface area contributed by atoms with E-state index in [1.807, 2.05) is 45.9 Å². The summed E-state index contributed by atoms with van der Waals surface area (Å²) in [6.07, 6.45) is 2.52. The molecule has 0 spiro atoms. The van der Waals surface area contributed by atoms with Crippen LogP contribution in [0.25, 0.3) is 5.82 Å². The van der Waals surface area contributed by atoms with Crippen molar-refractivity contribution in [2.75, 3.05) is 12.4 Å². The Hall–Kier alpha value is -3.22. The molecule has 1 N–H and O–H groups in total. The van der Waals surface area contributed by atoms with Gasteiger partial charge in [0.2, 0.25) is 0 Å². The summed E-state index contributed by atoms with van der Waals surface area (Å²) < 4.78 is 6.72. The van der Waals surface area contributed by atoms with Gasteiger partial charge in [-0.15, -0.1) is 0 Å². The van der Waals surface area contributed by atoms with Crippen LogP contribution in [0, 0.1) is 27.7 Å². The van der Waals surface area contributed by atoms with Crippen molar-refractivity contribution >= 4 is 17.5 Å². The molecule has 1 aromatic carbocycles. The van der Waals surface area contributed by atoms with Crippen molar-refractivity contribution in [1.82, 2.24) is 19.7 Å². The van der Waals surface area contributed by atoms with E-state index in [0.717, 1.165) is 40.4 Å². The first-order valence-corrected chi connectivity index (χ1v) is 9.20. The van der Waals surface area contributed by atoms with Gasteiger partial charge in [-0.3, -0.25) is 4.98 Å². The van der Waals surface area contributed by atoms with Crippen molar-refractivity contribution in [3.8, 4) is 5.82 Å². The number of rotatable bonds is 5. The van der Waals surface area contributed by atoms with Crippen LogP contribution in [0.3, 0.4) is 0 Å². The van der Waals surface area contributed by atoms with Gasteiger partial charge in [0, 0.05) is 11.8 Å². The van der Waals surface area contributed by atoms with Gasteiger partial charge in [0.05, 0.1) is 35.4 Å². The molecule has 7 nitrogen and oxygen atoms in total. The Morgan fingerprint density at radius 2 is 1.96 bits per heavy atom. The highest BCUT2D eigenvalue weighted by Gasteiger charge is 2.20. The highest BCUT2D eigenvalue weighted by molar-refractivity contribution is 5.96. The van der Waals surface area contributed by atoms with E-state index in [0.29, 0.717) is 17.1 Å². The van der Waals surface area contributed by atoms with Crippen molar-refractivity contribution in [1.29, 1.82) is 0 Å². The second-order valence-electron chi connectivity index (χ2n) is 6.77. The van der Waals surface area contributed by atoms with E-state index >= 15 is 0 Å². The summed E-state index contributed by atoms with van der Waals surface area (Å²) in [5.74, 6) is 1.03. The molecule has 0 radical (unpaired) electrons. The predicted octanol–water partition coefficient (Wildman–Crippen LogP) is 3.99. The molecule has 0 bridgehead atoms. The van der Waals surface area contributed by atoms with Gasteiger partial charge in [0.25, 0.3) is 0 Å². The molecule has 0 atom stereocenters. The van der Waals surface area contributed by atoms with E-state index in [-0.39, 0.29) is 0 Å². The Balaban J connectivity index is 2.17. The second-order valence-corrected chi connectivity index (χ2v) is 6.77. The van der Waals surface area contributed by atoms with Crippen molar-refractivity contribution in [3.05, 3.63) is 58.2 Å². The third-order valence-corrected chi connectivity index (χ3v) is 4.64. The minimum atomic E-state index is -0.392. The summed E-state index contributed by atoms with van der Waals surface area (Å²) in [5, 5.41) is 8.13. The van der Waals surface area contributed by atoms with E-state index in [9.17, 15) is 4.79 Å². The maximum atomic E-state index is 12.3. The molecule has 0 saturated heterocycles. The lowest BCUT2D eigenvalue weighted by Crippen LogP contribution is -2.11. The number of carbonyl (C=O) groups is 1. The van der Waals surface area contributed by atoms with Crippen LogP contribution in [-0.2, 0) is 11.2 Å². The summed E-state index contributed by atoms with van der Waals surface area (Å²) in [6.45, 7) is 9.81. The van der Waals surface area contributed by atoms with Gasteiger partial charge in [-0.25, -0.2) is 9.78 Å². The molecule has 2 heterocycles. The molecule has 0 unspecified atom stereocenters. The smallest absolute Gasteiger partial charge is 0.339 e. The first-order chi connectivity index (χ1) is 13.3. The Labute approximate surface area is 164 Å². The van der Waals surface area contributed by atoms with Gasteiger partial charge in [0.15, 0.2) is 5.82 Å². The number of nitrogens with zero attached hydrogens (tertiary/aromatic N) is 4. The zero-order chi connectivity index (χ0) is 20.4. The number of aryl methyl sites for hydroxylation is 4. The van der Waals surface area contributed by atoms with Gasteiger partial charge in [-0.1, -0.05) is 18.6 Å². The standard InChI is InChI=1S/C21H25N5O2/c1-7-17-14(4)19(26(25-17)20-15(5)22-11-13(3)23-20)24-18-9-8-12(2)10-16(18)21(27)28-6/h8-11,24H,7H2,1-6H3. The normalized spacial score (nSPS) is 10.8. The fourth-order valence-corrected chi connectivity index (χ4v) is 3.08. The highest BCUT2D eigenvalue weighted by Crippen LogP contribution is 2.29. The lowest BCUT2D eigenvalue weighted by molar-refractivity contribution is 0.0602. The fraction of sp³-hybridized carbons (Fsp3) is 0.333. The van der Waals surface area contributed by atoms with Crippen LogP contribution < -0.4 is 5.32 Å². The molecule has 3 rings (SSSR count). The van der Waals surface area contributed by atoms with Gasteiger partial charge in [-0.2, -0.15) is 9.78 Å². The molecule has 2 aromatic heterocycles. The van der Waals surface area contributed by atoms with Crippen LogP contribution in [-0.4, -0.2) is 32.8 Å². The summed E-state index contributed by atoms with van der Waals surface area (Å²) >= 11 is 0. The number of hydrogen-bond donors (Lipinski definition) is 1. The number of carbonyl (C=O) groups excluding carboxylic acids is 1. The SMILES string of the molecule is CCc1nn(-c2nc(C)cnc2C)c(Nc2ccc(C)cc2C(=O)OC)c1C. The van der Waals surface area contributed by atoms with Crippen LogP contribution >= 0.6 is 0 Å². The highest BCUT2D eigenvalue weighted by atomic mass is 16.5. The molecule has 7 heteroatoms. The Bertz CT molecular complexity index is 1040. The number of ether oxygens (including phenoxy) is 1. The minimum absolute atomic E-state index is 0.392. The third kappa shape index (κ3) is 3.60. The maximum absolute atomic E-state index is 12.3. The van der Waals surface area contributed by atoms with E-state index in [1.54, 1.807) is 10.9 Å². The number of anilines is 2. The average Bonchev–Trinajstić information content (AvgIpc) is 3.00. The average molecular weight is 379 g/mol. The molecule has 0 fully saturated rings. The van der Waals surface area contributed by atoms with Crippen LogP contribution in [0.1, 0.15) is 45.5 Å². The minimum Gasteiger partial charge on any atom is -0.465 e. The monoisotopic (exact) mass is 379 g/mol. The fourth-order valence-electron chi connectivity index (χ4n) is 3.08. The van der Waals surface area contributed by atoms with E-state index in [4.69, 9.17) is 9.84 Å². The van der Waals surface area contributed by atoms with Crippen LogP contribution in [0.5, 0.6) is 0 Å². The van der Waals surface area contributed by atoms with Crippen LogP contribution in [0.2, 0.25) is 0 Å². The van der Waals surface area contributed by atoms with Gasteiger partial charge in [-0.05, 0) is 46.2 Å². The van der Waals surface area contributed by atoms with Crippen molar-refractivity contribution in [2.24, 2.45) is 0 Å². The third-order valence-electron chi connectivity index (χ3n) is 4.64. The van der Waals surface area contributed by atoms with E-state index in [2.05, 4.69) is 22.2 Å². The predicted molar refractivity (Wildman–Crippen MR) is 109 cm³/mol.